The number of amides is 2. The van der Waals surface area contributed by atoms with Crippen molar-refractivity contribution in [1.29, 1.82) is 0 Å². The first-order valence-electron chi connectivity index (χ1n) is 8.12. The summed E-state index contributed by atoms with van der Waals surface area (Å²) in [5, 5.41) is 20.8. The molecule has 128 valence electrons. The van der Waals surface area contributed by atoms with Crippen LogP contribution in [0.4, 0.5) is 5.69 Å². The smallest absolute Gasteiger partial charge is 0.261 e. The van der Waals surface area contributed by atoms with Crippen LogP contribution in [0.1, 0.15) is 12.0 Å². The third-order valence-corrected chi connectivity index (χ3v) is 4.42. The van der Waals surface area contributed by atoms with Gasteiger partial charge < -0.3 is 10.2 Å². The molecule has 4 rings (SSSR count). The molecule has 3 aromatic rings. The third kappa shape index (κ3) is 2.59. The molecule has 1 saturated heterocycles. The average molecular weight is 345 g/mol. The molecule has 1 aliphatic heterocycles. The minimum Gasteiger partial charge on any atom is -0.504 e. The van der Waals surface area contributed by atoms with E-state index in [-0.39, 0.29) is 29.7 Å². The maximum atomic E-state index is 12.8. The molecule has 5 heteroatoms. The molecular formula is C21H15NO4. The summed E-state index contributed by atoms with van der Waals surface area (Å²) in [6.45, 7) is 0. The minimum atomic E-state index is -0.376. The van der Waals surface area contributed by atoms with Crippen molar-refractivity contribution in [3.8, 4) is 11.5 Å². The van der Waals surface area contributed by atoms with E-state index in [2.05, 4.69) is 0 Å². The Morgan fingerprint density at radius 1 is 0.885 bits per heavy atom. The Labute approximate surface area is 149 Å². The largest absolute Gasteiger partial charge is 0.504 e. The van der Waals surface area contributed by atoms with Gasteiger partial charge in [0.25, 0.3) is 5.91 Å². The first-order chi connectivity index (χ1) is 12.5. The predicted octanol–water partition coefficient (Wildman–Crippen LogP) is 3.60. The minimum absolute atomic E-state index is 0.0102. The van der Waals surface area contributed by atoms with Gasteiger partial charge in [0.05, 0.1) is 12.1 Å². The second kappa shape index (κ2) is 6.04. The molecule has 5 nitrogen and oxygen atoms in total. The van der Waals surface area contributed by atoms with Crippen LogP contribution in [0.15, 0.2) is 66.2 Å². The van der Waals surface area contributed by atoms with Crippen LogP contribution in [0.5, 0.6) is 11.5 Å². The Kier molecular flexibility index (Phi) is 3.69. The maximum Gasteiger partial charge on any atom is 0.261 e. The topological polar surface area (TPSA) is 77.8 Å². The summed E-state index contributed by atoms with van der Waals surface area (Å²) in [4.78, 5) is 26.6. The van der Waals surface area contributed by atoms with Gasteiger partial charge in [0.1, 0.15) is 0 Å². The fourth-order valence-electron chi connectivity index (χ4n) is 3.17. The SMILES string of the molecule is O=C1C/C(=C\c2ccc(O)c(O)c2)C(=O)N1c1cccc2ccccc12. The van der Waals surface area contributed by atoms with E-state index in [4.69, 9.17) is 0 Å². The number of phenolic OH excluding ortho intramolecular Hbond substituents is 2. The van der Waals surface area contributed by atoms with Crippen molar-refractivity contribution >= 4 is 34.4 Å². The van der Waals surface area contributed by atoms with Gasteiger partial charge in [0, 0.05) is 11.0 Å². The normalized spacial score (nSPS) is 16.0. The van der Waals surface area contributed by atoms with Crippen LogP contribution >= 0.6 is 0 Å². The van der Waals surface area contributed by atoms with Crippen molar-refractivity contribution in [1.82, 2.24) is 0 Å². The molecule has 0 aromatic heterocycles. The molecule has 2 N–H and O–H groups in total. The zero-order valence-electron chi connectivity index (χ0n) is 13.7. The van der Waals surface area contributed by atoms with E-state index in [0.29, 0.717) is 16.8 Å². The number of rotatable bonds is 2. The summed E-state index contributed by atoms with van der Waals surface area (Å²) in [7, 11) is 0. The first-order valence-corrected chi connectivity index (χ1v) is 8.12. The van der Waals surface area contributed by atoms with Crippen LogP contribution in [0.2, 0.25) is 0 Å². The number of hydrogen-bond acceptors (Lipinski definition) is 4. The Hall–Kier alpha value is -3.60. The van der Waals surface area contributed by atoms with Crippen molar-refractivity contribution < 1.29 is 19.8 Å². The van der Waals surface area contributed by atoms with Crippen molar-refractivity contribution in [3.05, 3.63) is 71.8 Å². The van der Waals surface area contributed by atoms with Gasteiger partial charge in [-0.05, 0) is 35.2 Å². The summed E-state index contributed by atoms with van der Waals surface area (Å²) in [6, 6.07) is 17.3. The van der Waals surface area contributed by atoms with E-state index in [9.17, 15) is 19.8 Å². The summed E-state index contributed by atoms with van der Waals surface area (Å²) >= 11 is 0. The van der Waals surface area contributed by atoms with Gasteiger partial charge in [0.15, 0.2) is 11.5 Å². The lowest BCUT2D eigenvalue weighted by atomic mass is 10.1. The van der Waals surface area contributed by atoms with E-state index in [1.54, 1.807) is 18.2 Å². The van der Waals surface area contributed by atoms with Gasteiger partial charge in [-0.2, -0.15) is 0 Å². The molecule has 0 spiro atoms. The molecule has 3 aromatic carbocycles. The highest BCUT2D eigenvalue weighted by molar-refractivity contribution is 6.31. The molecule has 0 atom stereocenters. The Morgan fingerprint density at radius 2 is 1.65 bits per heavy atom. The number of anilines is 1. The van der Waals surface area contributed by atoms with Crippen LogP contribution in [0.25, 0.3) is 16.8 Å². The van der Waals surface area contributed by atoms with Crippen molar-refractivity contribution in [2.45, 2.75) is 6.42 Å². The number of imide groups is 1. The molecule has 1 fully saturated rings. The van der Waals surface area contributed by atoms with Gasteiger partial charge in [0.2, 0.25) is 5.91 Å². The first kappa shape index (κ1) is 15.9. The van der Waals surface area contributed by atoms with E-state index in [1.807, 2.05) is 36.4 Å². The monoisotopic (exact) mass is 345 g/mol. The van der Waals surface area contributed by atoms with Crippen LogP contribution < -0.4 is 4.90 Å². The van der Waals surface area contributed by atoms with Gasteiger partial charge in [-0.3, -0.25) is 9.59 Å². The number of carbonyl (C=O) groups is 2. The third-order valence-electron chi connectivity index (χ3n) is 4.42. The van der Waals surface area contributed by atoms with Crippen LogP contribution in [-0.4, -0.2) is 22.0 Å². The molecule has 0 aliphatic carbocycles. The number of phenols is 2. The standard InChI is InChI=1S/C21H15NO4/c23-18-9-8-13(11-19(18)24)10-15-12-20(25)22(21(15)26)17-7-3-5-14-4-1-2-6-16(14)17/h1-11,23-24H,12H2/b15-10+. The zero-order valence-corrected chi connectivity index (χ0v) is 13.7. The molecule has 1 heterocycles. The van der Waals surface area contributed by atoms with Gasteiger partial charge in [-0.25, -0.2) is 4.90 Å². The molecule has 0 saturated carbocycles. The Morgan fingerprint density at radius 3 is 2.46 bits per heavy atom. The molecule has 0 bridgehead atoms. The quantitative estimate of drug-likeness (QED) is 0.423. The predicted molar refractivity (Wildman–Crippen MR) is 98.8 cm³/mol. The lowest BCUT2D eigenvalue weighted by Gasteiger charge is -2.16. The molecule has 26 heavy (non-hydrogen) atoms. The number of benzene rings is 3. The van der Waals surface area contributed by atoms with Crippen LogP contribution in [0.3, 0.4) is 0 Å². The highest BCUT2D eigenvalue weighted by Gasteiger charge is 2.35. The van der Waals surface area contributed by atoms with Crippen molar-refractivity contribution in [3.63, 3.8) is 0 Å². The zero-order chi connectivity index (χ0) is 18.3. The van der Waals surface area contributed by atoms with E-state index in [0.717, 1.165) is 10.8 Å². The van der Waals surface area contributed by atoms with Crippen LogP contribution in [-0.2, 0) is 9.59 Å². The number of carbonyl (C=O) groups excluding carboxylic acids is 2. The second-order valence-corrected chi connectivity index (χ2v) is 6.13. The molecule has 0 unspecified atom stereocenters. The molecule has 2 amide bonds. The van der Waals surface area contributed by atoms with E-state index < -0.39 is 0 Å². The van der Waals surface area contributed by atoms with Crippen molar-refractivity contribution in [2.24, 2.45) is 0 Å². The summed E-state index contributed by atoms with van der Waals surface area (Å²) < 4.78 is 0. The van der Waals surface area contributed by atoms with Crippen molar-refractivity contribution in [2.75, 3.05) is 4.90 Å². The van der Waals surface area contributed by atoms with E-state index >= 15 is 0 Å². The molecule has 0 radical (unpaired) electrons. The summed E-state index contributed by atoms with van der Waals surface area (Å²) in [6.07, 6.45) is 1.55. The van der Waals surface area contributed by atoms with E-state index in [1.165, 1.54) is 17.0 Å². The average Bonchev–Trinajstić information content (AvgIpc) is 2.91. The summed E-state index contributed by atoms with van der Waals surface area (Å²) in [5.41, 5.74) is 1.44. The Bertz CT molecular complexity index is 1080. The van der Waals surface area contributed by atoms with Gasteiger partial charge in [-0.15, -0.1) is 0 Å². The maximum absolute atomic E-state index is 12.8. The molecular weight excluding hydrogens is 330 g/mol. The molecule has 1 aliphatic rings. The highest BCUT2D eigenvalue weighted by atomic mass is 16.3. The lowest BCUT2D eigenvalue weighted by Crippen LogP contribution is -2.29. The number of fused-ring (bicyclic) bond motifs is 1. The second-order valence-electron chi connectivity index (χ2n) is 6.13. The van der Waals surface area contributed by atoms with Gasteiger partial charge in [-0.1, -0.05) is 42.5 Å². The highest BCUT2D eigenvalue weighted by Crippen LogP contribution is 2.33. The fraction of sp³-hybridized carbons (Fsp3) is 0.0476. The summed E-state index contributed by atoms with van der Waals surface area (Å²) in [5.74, 6) is -1.18. The number of nitrogens with zero attached hydrogens (tertiary/aromatic N) is 1. The number of aromatic hydroxyl groups is 2. The van der Waals surface area contributed by atoms with Gasteiger partial charge >= 0.3 is 0 Å². The van der Waals surface area contributed by atoms with Crippen LogP contribution in [0, 0.1) is 0 Å². The Balaban J connectivity index is 1.75. The fourth-order valence-corrected chi connectivity index (χ4v) is 3.17. The lowest BCUT2D eigenvalue weighted by molar-refractivity contribution is -0.120. The number of hydrogen-bond donors (Lipinski definition) is 2.